The molecular formula is C13H15F3N2O3. The van der Waals surface area contributed by atoms with Crippen LogP contribution in [0.1, 0.15) is 15.9 Å². The van der Waals surface area contributed by atoms with E-state index in [0.29, 0.717) is 31.9 Å². The van der Waals surface area contributed by atoms with Crippen molar-refractivity contribution in [3.05, 3.63) is 29.3 Å². The van der Waals surface area contributed by atoms with Crippen LogP contribution in [0, 0.1) is 0 Å². The highest BCUT2D eigenvalue weighted by atomic mass is 19.4. The minimum absolute atomic E-state index is 0.0278. The zero-order valence-corrected chi connectivity index (χ0v) is 11.2. The van der Waals surface area contributed by atoms with E-state index in [2.05, 4.69) is 4.74 Å². The summed E-state index contributed by atoms with van der Waals surface area (Å²) in [6.45, 7) is 2.61. The second-order valence-corrected chi connectivity index (χ2v) is 4.62. The number of alkyl halides is 3. The molecule has 0 aromatic heterocycles. The van der Waals surface area contributed by atoms with Crippen molar-refractivity contribution in [1.82, 2.24) is 4.90 Å². The third-order valence-electron chi connectivity index (χ3n) is 3.08. The van der Waals surface area contributed by atoms with Crippen molar-refractivity contribution in [3.8, 4) is 5.75 Å². The van der Waals surface area contributed by atoms with Gasteiger partial charge in [0.1, 0.15) is 5.75 Å². The van der Waals surface area contributed by atoms with E-state index in [1.54, 1.807) is 0 Å². The van der Waals surface area contributed by atoms with Crippen molar-refractivity contribution in [1.29, 1.82) is 0 Å². The fraction of sp³-hybridized carbons (Fsp3) is 0.462. The SMILES string of the molecule is NC(=O)c1ccc(CN2CCOCC2)c(OC(F)(F)F)c1. The topological polar surface area (TPSA) is 64.8 Å². The Hall–Kier alpha value is -1.80. The van der Waals surface area contributed by atoms with Gasteiger partial charge in [0.2, 0.25) is 5.91 Å². The van der Waals surface area contributed by atoms with Gasteiger partial charge in [-0.25, -0.2) is 0 Å². The highest BCUT2D eigenvalue weighted by Crippen LogP contribution is 2.28. The summed E-state index contributed by atoms with van der Waals surface area (Å²) >= 11 is 0. The summed E-state index contributed by atoms with van der Waals surface area (Å²) in [5, 5.41) is 0. The molecule has 1 saturated heterocycles. The molecule has 5 nitrogen and oxygen atoms in total. The predicted molar refractivity (Wildman–Crippen MR) is 67.7 cm³/mol. The van der Waals surface area contributed by atoms with Gasteiger partial charge in [0.15, 0.2) is 0 Å². The van der Waals surface area contributed by atoms with Gasteiger partial charge in [0.05, 0.1) is 13.2 Å². The fourth-order valence-electron chi connectivity index (χ4n) is 2.06. The Kier molecular flexibility index (Phi) is 4.69. The molecule has 0 aliphatic carbocycles. The van der Waals surface area contributed by atoms with Gasteiger partial charge in [-0.15, -0.1) is 13.2 Å². The molecular weight excluding hydrogens is 289 g/mol. The minimum Gasteiger partial charge on any atom is -0.405 e. The van der Waals surface area contributed by atoms with Crippen LogP contribution in [0.3, 0.4) is 0 Å². The number of benzene rings is 1. The Morgan fingerprint density at radius 1 is 1.33 bits per heavy atom. The molecule has 0 bridgehead atoms. The first-order valence-corrected chi connectivity index (χ1v) is 6.34. The number of carbonyl (C=O) groups excluding carboxylic acids is 1. The Morgan fingerprint density at radius 3 is 2.57 bits per heavy atom. The number of primary amides is 1. The van der Waals surface area contributed by atoms with E-state index in [9.17, 15) is 18.0 Å². The lowest BCUT2D eigenvalue weighted by atomic mass is 10.1. The number of morpholine rings is 1. The molecule has 1 fully saturated rings. The number of rotatable bonds is 4. The van der Waals surface area contributed by atoms with Crippen molar-refractivity contribution >= 4 is 5.91 Å². The molecule has 1 heterocycles. The zero-order valence-electron chi connectivity index (χ0n) is 11.2. The normalized spacial score (nSPS) is 16.7. The number of amides is 1. The lowest BCUT2D eigenvalue weighted by Gasteiger charge is -2.27. The van der Waals surface area contributed by atoms with Crippen LogP contribution in [0.4, 0.5) is 13.2 Å². The smallest absolute Gasteiger partial charge is 0.405 e. The third kappa shape index (κ3) is 4.61. The first kappa shape index (κ1) is 15.6. The summed E-state index contributed by atoms with van der Waals surface area (Å²) in [5.41, 5.74) is 5.40. The molecule has 21 heavy (non-hydrogen) atoms. The van der Waals surface area contributed by atoms with Crippen molar-refractivity contribution < 1.29 is 27.4 Å². The van der Waals surface area contributed by atoms with Crippen LogP contribution in [0.2, 0.25) is 0 Å². The van der Waals surface area contributed by atoms with Crippen LogP contribution < -0.4 is 10.5 Å². The molecule has 0 saturated carbocycles. The minimum atomic E-state index is -4.82. The van der Waals surface area contributed by atoms with Crippen LogP contribution >= 0.6 is 0 Å². The number of ether oxygens (including phenoxy) is 2. The summed E-state index contributed by atoms with van der Waals surface area (Å²) in [7, 11) is 0. The number of nitrogens with two attached hydrogens (primary N) is 1. The number of halogens is 3. The molecule has 0 atom stereocenters. The molecule has 0 unspecified atom stereocenters. The molecule has 1 amide bonds. The molecule has 1 aliphatic rings. The average Bonchev–Trinajstić information content (AvgIpc) is 2.40. The van der Waals surface area contributed by atoms with E-state index in [1.807, 2.05) is 4.90 Å². The van der Waals surface area contributed by atoms with E-state index in [0.717, 1.165) is 6.07 Å². The van der Waals surface area contributed by atoms with Crippen LogP contribution in [0.25, 0.3) is 0 Å². The second kappa shape index (κ2) is 6.31. The van der Waals surface area contributed by atoms with E-state index in [-0.39, 0.29) is 12.1 Å². The first-order chi connectivity index (χ1) is 9.85. The van der Waals surface area contributed by atoms with Crippen molar-refractivity contribution in [3.63, 3.8) is 0 Å². The molecule has 8 heteroatoms. The number of carbonyl (C=O) groups is 1. The van der Waals surface area contributed by atoms with E-state index < -0.39 is 18.0 Å². The lowest BCUT2D eigenvalue weighted by molar-refractivity contribution is -0.275. The zero-order chi connectivity index (χ0) is 15.5. The van der Waals surface area contributed by atoms with Crippen LogP contribution in [0.15, 0.2) is 18.2 Å². The Morgan fingerprint density at radius 2 is 2.00 bits per heavy atom. The molecule has 116 valence electrons. The van der Waals surface area contributed by atoms with Crippen molar-refractivity contribution in [2.45, 2.75) is 12.9 Å². The maximum atomic E-state index is 12.5. The van der Waals surface area contributed by atoms with Gasteiger partial charge in [-0.1, -0.05) is 6.07 Å². The molecule has 0 spiro atoms. The van der Waals surface area contributed by atoms with Gasteiger partial charge in [0.25, 0.3) is 0 Å². The predicted octanol–water partition coefficient (Wildman–Crippen LogP) is 1.52. The highest BCUT2D eigenvalue weighted by Gasteiger charge is 2.32. The van der Waals surface area contributed by atoms with Crippen LogP contribution in [-0.4, -0.2) is 43.5 Å². The largest absolute Gasteiger partial charge is 0.573 e. The molecule has 1 aliphatic heterocycles. The standard InChI is InChI=1S/C13H15F3N2O3/c14-13(15,16)21-11-7-9(12(17)19)1-2-10(11)8-18-3-5-20-6-4-18/h1-2,7H,3-6,8H2,(H2,17,19). The first-order valence-electron chi connectivity index (χ1n) is 6.34. The van der Waals surface area contributed by atoms with E-state index in [1.165, 1.54) is 12.1 Å². The van der Waals surface area contributed by atoms with Crippen LogP contribution in [0.5, 0.6) is 5.75 Å². The van der Waals surface area contributed by atoms with Gasteiger partial charge in [-0.05, 0) is 12.1 Å². The fourth-order valence-corrected chi connectivity index (χ4v) is 2.06. The summed E-state index contributed by atoms with van der Waals surface area (Å²) in [6, 6.07) is 3.84. The molecule has 2 rings (SSSR count). The van der Waals surface area contributed by atoms with Gasteiger partial charge in [-0.2, -0.15) is 0 Å². The quantitative estimate of drug-likeness (QED) is 0.916. The number of hydrogen-bond donors (Lipinski definition) is 1. The summed E-state index contributed by atoms with van der Waals surface area (Å²) in [6.07, 6.45) is -4.82. The monoisotopic (exact) mass is 304 g/mol. The molecule has 1 aromatic rings. The van der Waals surface area contributed by atoms with Gasteiger partial charge in [0, 0.05) is 30.8 Å². The summed E-state index contributed by atoms with van der Waals surface area (Å²) in [5.74, 6) is -1.20. The average molecular weight is 304 g/mol. The Balaban J connectivity index is 2.23. The van der Waals surface area contributed by atoms with E-state index >= 15 is 0 Å². The van der Waals surface area contributed by atoms with Crippen LogP contribution in [-0.2, 0) is 11.3 Å². The molecule has 0 radical (unpaired) electrons. The molecule has 1 aromatic carbocycles. The summed E-state index contributed by atoms with van der Waals surface area (Å²) < 4.78 is 46.6. The maximum absolute atomic E-state index is 12.5. The number of nitrogens with zero attached hydrogens (tertiary/aromatic N) is 1. The Labute approximate surface area is 119 Å². The van der Waals surface area contributed by atoms with Gasteiger partial charge < -0.3 is 15.2 Å². The molecule has 2 N–H and O–H groups in total. The summed E-state index contributed by atoms with van der Waals surface area (Å²) in [4.78, 5) is 13.0. The lowest BCUT2D eigenvalue weighted by Crippen LogP contribution is -2.36. The van der Waals surface area contributed by atoms with Gasteiger partial charge >= 0.3 is 6.36 Å². The van der Waals surface area contributed by atoms with E-state index in [4.69, 9.17) is 10.5 Å². The Bertz CT molecular complexity index is 514. The highest BCUT2D eigenvalue weighted by molar-refractivity contribution is 5.93. The second-order valence-electron chi connectivity index (χ2n) is 4.62. The van der Waals surface area contributed by atoms with Gasteiger partial charge in [-0.3, -0.25) is 9.69 Å². The maximum Gasteiger partial charge on any atom is 0.573 e. The van der Waals surface area contributed by atoms with Crippen molar-refractivity contribution in [2.75, 3.05) is 26.3 Å². The number of hydrogen-bond acceptors (Lipinski definition) is 4. The third-order valence-corrected chi connectivity index (χ3v) is 3.08. The van der Waals surface area contributed by atoms with Crippen molar-refractivity contribution in [2.24, 2.45) is 5.73 Å².